The average Bonchev–Trinajstić information content (AvgIpc) is 1.57. The number of rotatable bonds is 13. The molecule has 0 aliphatic carbocycles. The summed E-state index contributed by atoms with van der Waals surface area (Å²) in [5.41, 5.74) is 27.1. The molecule has 0 aliphatic rings. The van der Waals surface area contributed by atoms with Gasteiger partial charge in [-0.1, -0.05) is 419 Å². The second kappa shape index (κ2) is 36.5. The zero-order valence-electron chi connectivity index (χ0n) is 80.1. The van der Waals surface area contributed by atoms with Crippen LogP contribution in [0.5, 0.6) is 0 Å². The molecule has 0 spiro atoms. The summed E-state index contributed by atoms with van der Waals surface area (Å²) in [6.07, 6.45) is 0. The molecule has 0 radical (unpaired) electrons. The van der Waals surface area contributed by atoms with E-state index >= 15 is 0 Å². The number of thiophene rings is 3. The Morgan fingerprint density at radius 1 is 0.147 bits per heavy atom. The lowest BCUT2D eigenvalue weighted by molar-refractivity contribution is 0.654. The Kier molecular flexibility index (Phi) is 21.2. The van der Waals surface area contributed by atoms with Crippen LogP contribution in [-0.4, -0.2) is 44.9 Å². The fourth-order valence-electron chi connectivity index (χ4n) is 21.5. The number of hydrogen-bond acceptors (Lipinski definition) is 15. The summed E-state index contributed by atoms with van der Waals surface area (Å²) in [5.74, 6) is 2.10. The first-order valence-corrected chi connectivity index (χ1v) is 52.4. The summed E-state index contributed by atoms with van der Waals surface area (Å²) in [4.78, 5) is 46.4. The van der Waals surface area contributed by atoms with E-state index < -0.39 is 0 Å². The normalized spacial score (nSPS) is 11.7. The topological polar surface area (TPSA) is 155 Å². The lowest BCUT2D eigenvalue weighted by atomic mass is 9.98. The van der Waals surface area contributed by atoms with E-state index in [4.69, 9.17) is 58.1 Å². The number of nitrogens with zero attached hydrogens (tertiary/aromatic N) is 9. The van der Waals surface area contributed by atoms with Crippen LogP contribution in [-0.2, 0) is 0 Å². The quantitative estimate of drug-likeness (QED) is 0.108. The van der Waals surface area contributed by atoms with Gasteiger partial charge in [-0.3, -0.25) is 0 Å². The fraction of sp³-hybridized carbons (Fsp3) is 0. The standard InChI is InChI=1S/C49H29N3OS.2C43H25N3OS/c1-3-14-30(15-4-1)34-23-12-24-37-38-25-13-26-39(47(38)54-46(34)37)42-29-41(50-48(51-42)31-16-5-2-6-17-31)32-18-11-19-33(28-32)45-36-21-8-7-20-35(36)44-40-22-9-10-27-43(40)53-49(44)52-45;1-2-11-28(12-3-1)42-44-35(25-36(45-42)33-18-10-17-32-29-13-7-9-20-38(29)48-41(32)33)26-21-23-27(24-22-26)40-31-15-5-4-14-30(31)39-34-16-6-8-19-37(34)47-43(39)46-40;1-2-11-26(12-3-1)35-25-36(45-42(44-35)34-18-10-17-32-29-13-7-9-20-38(29)48-41(32)34)27-21-23-28(24-22-27)40-31-15-5-4-14-30(31)39-33-16-6-8-19-37(33)47-43(39)46-40/h1-29H;2*1-25H. The molecule has 0 fully saturated rings. The Hall–Kier alpha value is -19.3. The third kappa shape index (κ3) is 15.3. The minimum atomic E-state index is 0.637. The van der Waals surface area contributed by atoms with E-state index in [1.54, 1.807) is 11.3 Å². The summed E-state index contributed by atoms with van der Waals surface area (Å²) < 4.78 is 26.3. The van der Waals surface area contributed by atoms with Crippen molar-refractivity contribution in [1.29, 1.82) is 0 Å². The first kappa shape index (κ1) is 87.3. The fourth-order valence-corrected chi connectivity index (χ4v) is 25.3. The Balaban J connectivity index is 0.000000106. The van der Waals surface area contributed by atoms with Gasteiger partial charge in [0.1, 0.15) is 16.7 Å². The molecular formula is C135H79N9O3S3. The highest BCUT2D eigenvalue weighted by Crippen LogP contribution is 2.50. The van der Waals surface area contributed by atoms with Crippen LogP contribution >= 0.6 is 34.0 Å². The van der Waals surface area contributed by atoms with E-state index in [0.717, 1.165) is 205 Å². The van der Waals surface area contributed by atoms with Gasteiger partial charge >= 0.3 is 0 Å². The van der Waals surface area contributed by atoms with Gasteiger partial charge in [0.2, 0.25) is 17.1 Å². The SMILES string of the molecule is c1ccc(-c2cc(-c3ccc(-c4nc5oc6ccccc6c5c5ccccc45)cc3)nc(-c3cccc4c3sc3ccccc34)n2)cc1.c1ccc(-c2nc(-c3ccc(-c4nc5oc6ccccc6c5c5ccccc45)cc3)cc(-c3cccc4c3sc3ccccc34)n2)cc1.c1ccc(-c2nc(-c3cccc(-c4nc5oc6ccccc6c5c5ccccc45)c3)cc(-c3cccc4c3sc3c(-c5ccccc5)cccc34)n2)cc1. The molecule has 31 rings (SSSR count). The smallest absolute Gasteiger partial charge is 0.228 e. The molecule has 150 heavy (non-hydrogen) atoms. The monoisotopic (exact) mass is 1970 g/mol. The van der Waals surface area contributed by atoms with E-state index in [2.05, 4.69) is 382 Å². The van der Waals surface area contributed by atoms with Gasteiger partial charge in [0.05, 0.1) is 67.4 Å². The molecule has 15 heteroatoms. The second-order valence-corrected chi connectivity index (χ2v) is 40.6. The number of benzene rings is 19. The molecule has 0 unspecified atom stereocenters. The van der Waals surface area contributed by atoms with Gasteiger partial charge in [-0.2, -0.15) is 0 Å². The highest BCUT2D eigenvalue weighted by atomic mass is 32.1. The van der Waals surface area contributed by atoms with Gasteiger partial charge in [-0.25, -0.2) is 44.9 Å². The van der Waals surface area contributed by atoms with Crippen LogP contribution in [0.1, 0.15) is 0 Å². The van der Waals surface area contributed by atoms with Crippen LogP contribution in [0.3, 0.4) is 0 Å². The van der Waals surface area contributed by atoms with Crippen molar-refractivity contribution >= 4 is 193 Å². The molecule has 0 saturated heterocycles. The highest BCUT2D eigenvalue weighted by molar-refractivity contribution is 7.27. The number of para-hydroxylation sites is 3. The maximum Gasteiger partial charge on any atom is 0.228 e. The van der Waals surface area contributed by atoms with Crippen LogP contribution in [0.4, 0.5) is 0 Å². The van der Waals surface area contributed by atoms with E-state index in [1.807, 2.05) is 120 Å². The Morgan fingerprint density at radius 3 is 0.847 bits per heavy atom. The van der Waals surface area contributed by atoms with E-state index in [9.17, 15) is 0 Å². The molecule has 12 nitrogen and oxygen atoms in total. The van der Waals surface area contributed by atoms with Crippen molar-refractivity contribution in [3.63, 3.8) is 0 Å². The minimum Gasteiger partial charge on any atom is -0.438 e. The molecule has 0 atom stereocenters. The van der Waals surface area contributed by atoms with Gasteiger partial charge < -0.3 is 13.3 Å². The zero-order valence-corrected chi connectivity index (χ0v) is 82.5. The Labute approximate surface area is 870 Å². The van der Waals surface area contributed by atoms with Crippen molar-refractivity contribution in [3.8, 4) is 147 Å². The molecule has 31 aromatic rings. The van der Waals surface area contributed by atoms with E-state index in [0.29, 0.717) is 28.8 Å². The molecule has 12 aromatic heterocycles. The highest BCUT2D eigenvalue weighted by Gasteiger charge is 2.27. The lowest BCUT2D eigenvalue weighted by Crippen LogP contribution is -1.96. The summed E-state index contributed by atoms with van der Waals surface area (Å²) >= 11 is 5.44. The van der Waals surface area contributed by atoms with Crippen molar-refractivity contribution in [2.75, 3.05) is 0 Å². The number of pyridine rings is 3. The second-order valence-electron chi connectivity index (χ2n) is 37.5. The zero-order chi connectivity index (χ0) is 98.8. The first-order chi connectivity index (χ1) is 74.3. The van der Waals surface area contributed by atoms with Crippen LogP contribution in [0.2, 0.25) is 0 Å². The molecule has 0 saturated carbocycles. The number of hydrogen-bond donors (Lipinski definition) is 0. The van der Waals surface area contributed by atoms with Crippen molar-refractivity contribution in [1.82, 2.24) is 44.9 Å². The van der Waals surface area contributed by atoms with Gasteiger partial charge in [-0.05, 0) is 87.9 Å². The van der Waals surface area contributed by atoms with Crippen LogP contribution in [0.15, 0.2) is 492 Å². The molecule has 0 amide bonds. The summed E-state index contributed by atoms with van der Waals surface area (Å²) in [5, 5.41) is 20.5. The predicted molar refractivity (Wildman–Crippen MR) is 623 cm³/mol. The van der Waals surface area contributed by atoms with Crippen molar-refractivity contribution in [2.24, 2.45) is 0 Å². The molecular weight excluding hydrogens is 1890 g/mol. The van der Waals surface area contributed by atoms with Crippen LogP contribution < -0.4 is 0 Å². The molecule has 0 N–H and O–H groups in total. The lowest BCUT2D eigenvalue weighted by Gasteiger charge is -2.12. The van der Waals surface area contributed by atoms with Gasteiger partial charge in [0.25, 0.3) is 0 Å². The summed E-state index contributed by atoms with van der Waals surface area (Å²) in [6.45, 7) is 0. The van der Waals surface area contributed by atoms with Gasteiger partial charge in [0.15, 0.2) is 17.5 Å². The molecule has 700 valence electrons. The predicted octanol–water partition coefficient (Wildman–Crippen LogP) is 37.5. The Morgan fingerprint density at radius 2 is 0.413 bits per heavy atom. The van der Waals surface area contributed by atoms with Crippen LogP contribution in [0, 0.1) is 0 Å². The van der Waals surface area contributed by atoms with E-state index in [-0.39, 0.29) is 0 Å². The maximum absolute atomic E-state index is 6.33. The van der Waals surface area contributed by atoms with Crippen molar-refractivity contribution in [3.05, 3.63) is 479 Å². The summed E-state index contributed by atoms with van der Waals surface area (Å²) in [6, 6.07) is 166. The molecule has 0 bridgehead atoms. The number of furan rings is 3. The first-order valence-electron chi connectivity index (χ1n) is 49.9. The number of aromatic nitrogens is 9. The number of fused-ring (bicyclic) bond motifs is 24. The third-order valence-corrected chi connectivity index (χ3v) is 32.3. The summed E-state index contributed by atoms with van der Waals surface area (Å²) in [7, 11) is 0. The van der Waals surface area contributed by atoms with E-state index in [1.165, 1.54) is 71.6 Å². The maximum atomic E-state index is 6.33. The van der Waals surface area contributed by atoms with Gasteiger partial charge in [-0.15, -0.1) is 34.0 Å². The molecule has 0 aliphatic heterocycles. The minimum absolute atomic E-state index is 0.637. The van der Waals surface area contributed by atoms with Crippen molar-refractivity contribution < 1.29 is 13.3 Å². The van der Waals surface area contributed by atoms with Gasteiger partial charge in [0, 0.05) is 160 Å². The molecule has 19 aromatic carbocycles. The third-order valence-electron chi connectivity index (χ3n) is 28.6. The van der Waals surface area contributed by atoms with Crippen LogP contribution in [0.25, 0.3) is 306 Å². The average molecular weight is 1970 g/mol. The molecule has 12 heterocycles. The Bertz CT molecular complexity index is 10400. The van der Waals surface area contributed by atoms with Crippen molar-refractivity contribution in [2.45, 2.75) is 0 Å². The largest absolute Gasteiger partial charge is 0.438 e.